The van der Waals surface area contributed by atoms with Crippen LogP contribution < -0.4 is 0 Å². The highest BCUT2D eigenvalue weighted by atomic mass is 32.1. The highest BCUT2D eigenvalue weighted by Gasteiger charge is 2.16. The lowest BCUT2D eigenvalue weighted by atomic mass is 10.2. The van der Waals surface area contributed by atoms with Gasteiger partial charge in [-0.1, -0.05) is 13.8 Å². The zero-order valence-electron chi connectivity index (χ0n) is 14.7. The van der Waals surface area contributed by atoms with Crippen LogP contribution in [-0.2, 0) is 17.8 Å². The average Bonchev–Trinajstić information content (AvgIpc) is 3.27. The number of carbonyl (C=O) groups excluding carboxylic acids is 1. The minimum absolute atomic E-state index is 0.335. The van der Waals surface area contributed by atoms with Crippen molar-refractivity contribution < 1.29 is 9.53 Å². The van der Waals surface area contributed by atoms with E-state index in [0.717, 1.165) is 41.4 Å². The van der Waals surface area contributed by atoms with Crippen molar-refractivity contribution in [3.05, 3.63) is 46.2 Å². The molecule has 1 aromatic carbocycles. The summed E-state index contributed by atoms with van der Waals surface area (Å²) in [6.45, 7) is 7.70. The minimum Gasteiger partial charge on any atom is -0.465 e. The van der Waals surface area contributed by atoms with Crippen LogP contribution in [0.3, 0.4) is 0 Å². The Kier molecular flexibility index (Phi) is 5.45. The van der Waals surface area contributed by atoms with Gasteiger partial charge in [0.05, 0.1) is 42.3 Å². The summed E-state index contributed by atoms with van der Waals surface area (Å²) < 4.78 is 7.03. The first-order chi connectivity index (χ1) is 12.2. The fourth-order valence-corrected chi connectivity index (χ4v) is 3.42. The number of hydrogen-bond acceptors (Lipinski definition) is 6. The van der Waals surface area contributed by atoms with Crippen molar-refractivity contribution in [2.45, 2.75) is 26.9 Å². The molecular formula is C18H22N4O2S. The Balaban J connectivity index is 2.08. The minimum atomic E-state index is -0.335. The van der Waals surface area contributed by atoms with E-state index in [0.29, 0.717) is 12.1 Å². The highest BCUT2D eigenvalue weighted by Crippen LogP contribution is 2.22. The number of ether oxygens (including phenoxy) is 1. The molecule has 132 valence electrons. The Morgan fingerprint density at radius 1 is 1.32 bits per heavy atom. The van der Waals surface area contributed by atoms with Gasteiger partial charge in [-0.15, -0.1) is 11.3 Å². The molecule has 0 fully saturated rings. The Labute approximate surface area is 151 Å². The number of imidazole rings is 1. The molecule has 0 aliphatic rings. The maximum Gasteiger partial charge on any atom is 0.337 e. The molecule has 3 aromatic rings. The molecule has 0 radical (unpaired) electrons. The van der Waals surface area contributed by atoms with Crippen LogP contribution in [0, 0.1) is 0 Å². The van der Waals surface area contributed by atoms with E-state index in [1.54, 1.807) is 17.4 Å². The second-order valence-electron chi connectivity index (χ2n) is 5.74. The first kappa shape index (κ1) is 17.6. The van der Waals surface area contributed by atoms with Gasteiger partial charge in [0.15, 0.2) is 0 Å². The number of aromatic nitrogens is 3. The van der Waals surface area contributed by atoms with Crippen molar-refractivity contribution in [1.82, 2.24) is 19.4 Å². The summed E-state index contributed by atoms with van der Waals surface area (Å²) in [4.78, 5) is 24.3. The lowest BCUT2D eigenvalue weighted by Gasteiger charge is -2.18. The number of nitrogens with zero attached hydrogens (tertiary/aromatic N) is 4. The van der Waals surface area contributed by atoms with Crippen molar-refractivity contribution in [1.29, 1.82) is 0 Å². The van der Waals surface area contributed by atoms with Crippen LogP contribution >= 0.6 is 11.3 Å². The number of benzene rings is 1. The predicted molar refractivity (Wildman–Crippen MR) is 98.9 cm³/mol. The molecule has 0 N–H and O–H groups in total. The Morgan fingerprint density at radius 3 is 2.76 bits per heavy atom. The second kappa shape index (κ2) is 7.76. The van der Waals surface area contributed by atoms with Crippen molar-refractivity contribution >= 4 is 28.3 Å². The van der Waals surface area contributed by atoms with E-state index in [-0.39, 0.29) is 5.97 Å². The molecule has 2 aromatic heterocycles. The predicted octanol–water partition coefficient (Wildman–Crippen LogP) is 3.17. The van der Waals surface area contributed by atoms with E-state index in [1.165, 1.54) is 7.11 Å². The van der Waals surface area contributed by atoms with E-state index < -0.39 is 0 Å². The Morgan fingerprint density at radius 2 is 2.12 bits per heavy atom. The fraction of sp³-hybridized carbons (Fsp3) is 0.389. The van der Waals surface area contributed by atoms with Crippen LogP contribution in [0.25, 0.3) is 11.0 Å². The number of carbonyl (C=O) groups is 1. The van der Waals surface area contributed by atoms with Gasteiger partial charge in [0, 0.05) is 11.1 Å². The maximum absolute atomic E-state index is 11.9. The van der Waals surface area contributed by atoms with E-state index >= 15 is 0 Å². The molecule has 0 amide bonds. The number of methoxy groups -OCH3 is 1. The van der Waals surface area contributed by atoms with Crippen LogP contribution in [0.4, 0.5) is 0 Å². The summed E-state index contributed by atoms with van der Waals surface area (Å²) in [6, 6.07) is 5.51. The normalized spacial score (nSPS) is 11.4. The molecule has 7 heteroatoms. The number of fused-ring (bicyclic) bond motifs is 1. The van der Waals surface area contributed by atoms with Gasteiger partial charge < -0.3 is 9.30 Å². The quantitative estimate of drug-likeness (QED) is 0.607. The number of hydrogen-bond donors (Lipinski definition) is 0. The highest BCUT2D eigenvalue weighted by molar-refractivity contribution is 7.09. The van der Waals surface area contributed by atoms with Gasteiger partial charge in [0.2, 0.25) is 0 Å². The molecule has 2 heterocycles. The largest absolute Gasteiger partial charge is 0.465 e. The van der Waals surface area contributed by atoms with E-state index in [1.807, 2.05) is 23.8 Å². The third kappa shape index (κ3) is 3.72. The van der Waals surface area contributed by atoms with Crippen molar-refractivity contribution in [3.8, 4) is 0 Å². The molecule has 0 saturated carbocycles. The Hall–Kier alpha value is -2.25. The molecule has 0 aliphatic carbocycles. The molecule has 0 bridgehead atoms. The lowest BCUT2D eigenvalue weighted by molar-refractivity contribution is 0.0601. The third-order valence-electron chi connectivity index (χ3n) is 4.31. The van der Waals surface area contributed by atoms with Gasteiger partial charge in [-0.3, -0.25) is 9.88 Å². The molecule has 0 atom stereocenters. The number of esters is 1. The molecule has 25 heavy (non-hydrogen) atoms. The molecule has 0 unspecified atom stereocenters. The molecule has 3 rings (SSSR count). The standard InChI is InChI=1S/C18H22N4O2S/c1-4-21(5-2)11-17-20-15-7-6-13(18(23)24-3)8-16(15)22(17)10-14-9-19-12-25-14/h6-9,12H,4-5,10-11H2,1-3H3. The zero-order chi connectivity index (χ0) is 17.8. The SMILES string of the molecule is CCN(CC)Cc1nc2ccc(C(=O)OC)cc2n1Cc1cncs1. The first-order valence-electron chi connectivity index (χ1n) is 8.33. The summed E-state index contributed by atoms with van der Waals surface area (Å²) in [5.74, 6) is 0.659. The lowest BCUT2D eigenvalue weighted by Crippen LogP contribution is -2.24. The molecular weight excluding hydrogens is 336 g/mol. The summed E-state index contributed by atoms with van der Waals surface area (Å²) in [6.07, 6.45) is 1.88. The van der Waals surface area contributed by atoms with Crippen LogP contribution in [-0.4, -0.2) is 45.6 Å². The van der Waals surface area contributed by atoms with E-state index in [9.17, 15) is 4.79 Å². The van der Waals surface area contributed by atoms with Gasteiger partial charge >= 0.3 is 5.97 Å². The Bertz CT molecular complexity index is 853. The van der Waals surface area contributed by atoms with E-state index in [4.69, 9.17) is 9.72 Å². The monoisotopic (exact) mass is 358 g/mol. The second-order valence-corrected chi connectivity index (χ2v) is 6.71. The van der Waals surface area contributed by atoms with Crippen molar-refractivity contribution in [2.24, 2.45) is 0 Å². The van der Waals surface area contributed by atoms with Crippen LogP contribution in [0.15, 0.2) is 29.9 Å². The third-order valence-corrected chi connectivity index (χ3v) is 5.07. The topological polar surface area (TPSA) is 60.3 Å². The fourth-order valence-electron chi connectivity index (χ4n) is 2.84. The number of thiazole rings is 1. The molecule has 6 nitrogen and oxygen atoms in total. The first-order valence-corrected chi connectivity index (χ1v) is 9.21. The van der Waals surface area contributed by atoms with Gasteiger partial charge in [0.25, 0.3) is 0 Å². The number of rotatable bonds is 7. The van der Waals surface area contributed by atoms with Gasteiger partial charge in [-0.05, 0) is 31.3 Å². The van der Waals surface area contributed by atoms with Crippen LogP contribution in [0.1, 0.15) is 34.9 Å². The van der Waals surface area contributed by atoms with Gasteiger partial charge in [0.1, 0.15) is 5.82 Å². The summed E-state index contributed by atoms with van der Waals surface area (Å²) in [5.41, 5.74) is 4.20. The average molecular weight is 358 g/mol. The molecule has 0 spiro atoms. The smallest absolute Gasteiger partial charge is 0.337 e. The van der Waals surface area contributed by atoms with Crippen LogP contribution in [0.2, 0.25) is 0 Å². The van der Waals surface area contributed by atoms with Gasteiger partial charge in [-0.25, -0.2) is 9.78 Å². The summed E-state index contributed by atoms with van der Waals surface area (Å²) in [5, 5.41) is 0. The van der Waals surface area contributed by atoms with Crippen molar-refractivity contribution in [3.63, 3.8) is 0 Å². The summed E-state index contributed by atoms with van der Waals surface area (Å²) >= 11 is 1.62. The van der Waals surface area contributed by atoms with Crippen molar-refractivity contribution in [2.75, 3.05) is 20.2 Å². The molecule has 0 aliphatic heterocycles. The molecule has 0 saturated heterocycles. The maximum atomic E-state index is 11.9. The summed E-state index contributed by atoms with van der Waals surface area (Å²) in [7, 11) is 1.40. The zero-order valence-corrected chi connectivity index (χ0v) is 15.5. The van der Waals surface area contributed by atoms with Crippen LogP contribution in [0.5, 0.6) is 0 Å². The van der Waals surface area contributed by atoms with Gasteiger partial charge in [-0.2, -0.15) is 0 Å². The van der Waals surface area contributed by atoms with E-state index in [2.05, 4.69) is 28.3 Å².